The molecule has 20 heavy (non-hydrogen) atoms. The molecule has 1 aliphatic carbocycles. The lowest BCUT2D eigenvalue weighted by Crippen LogP contribution is -2.22. The molecule has 0 aliphatic heterocycles. The number of hydrogen-bond donors (Lipinski definition) is 1. The zero-order chi connectivity index (χ0) is 14.2. The van der Waals surface area contributed by atoms with E-state index in [1.807, 2.05) is 18.2 Å². The molecule has 106 valence electrons. The van der Waals surface area contributed by atoms with E-state index in [2.05, 4.69) is 36.0 Å². The van der Waals surface area contributed by atoms with E-state index in [9.17, 15) is 5.11 Å². The quantitative estimate of drug-likeness (QED) is 0.614. The van der Waals surface area contributed by atoms with Gasteiger partial charge in [0.2, 0.25) is 0 Å². The van der Waals surface area contributed by atoms with Crippen molar-refractivity contribution in [3.63, 3.8) is 0 Å². The van der Waals surface area contributed by atoms with Gasteiger partial charge < -0.3 is 5.11 Å². The first-order chi connectivity index (χ1) is 9.81. The van der Waals surface area contributed by atoms with Gasteiger partial charge in [0.15, 0.2) is 0 Å². The van der Waals surface area contributed by atoms with Gasteiger partial charge >= 0.3 is 0 Å². The predicted octanol–water partition coefficient (Wildman–Crippen LogP) is 4.01. The standard InChI is InChI=1S/C18H23NO/c1-19-14-13-16-8-6-5-7-15(16)11-12-18(20)17-9-3-2-4-10-17/h2-3,5-8,13-14,17-18,20H,1,4,9-12H2/b14-13+. The molecule has 1 N–H and O–H groups in total. The Labute approximate surface area is 121 Å². The van der Waals surface area contributed by atoms with Crippen molar-refractivity contribution in [2.45, 2.75) is 38.2 Å². The molecule has 0 radical (unpaired) electrons. The summed E-state index contributed by atoms with van der Waals surface area (Å²) in [6, 6.07) is 8.27. The van der Waals surface area contributed by atoms with Crippen LogP contribution in [0.5, 0.6) is 0 Å². The van der Waals surface area contributed by atoms with Gasteiger partial charge in [0.25, 0.3) is 0 Å². The monoisotopic (exact) mass is 269 g/mol. The van der Waals surface area contributed by atoms with E-state index in [1.165, 1.54) is 5.56 Å². The number of allylic oxidation sites excluding steroid dienone is 2. The number of aryl methyl sites for hydroxylation is 1. The Morgan fingerprint density at radius 1 is 1.35 bits per heavy atom. The molecule has 0 heterocycles. The van der Waals surface area contributed by atoms with Gasteiger partial charge in [-0.1, -0.05) is 36.4 Å². The number of aliphatic hydroxyl groups is 1. The molecule has 0 spiro atoms. The highest BCUT2D eigenvalue weighted by molar-refractivity contribution is 5.54. The van der Waals surface area contributed by atoms with Crippen molar-refractivity contribution in [2.24, 2.45) is 10.9 Å². The first-order valence-corrected chi connectivity index (χ1v) is 7.34. The Balaban J connectivity index is 1.94. The third kappa shape index (κ3) is 4.17. The largest absolute Gasteiger partial charge is 0.393 e. The van der Waals surface area contributed by atoms with Gasteiger partial charge in [-0.2, -0.15) is 0 Å². The number of nitrogens with zero attached hydrogens (tertiary/aromatic N) is 1. The summed E-state index contributed by atoms with van der Waals surface area (Å²) in [6.07, 6.45) is 12.8. The zero-order valence-electron chi connectivity index (χ0n) is 11.9. The van der Waals surface area contributed by atoms with Crippen molar-refractivity contribution in [3.8, 4) is 0 Å². The summed E-state index contributed by atoms with van der Waals surface area (Å²) >= 11 is 0. The van der Waals surface area contributed by atoms with Gasteiger partial charge in [0, 0.05) is 6.20 Å². The van der Waals surface area contributed by atoms with Gasteiger partial charge in [-0.15, -0.1) is 0 Å². The highest BCUT2D eigenvalue weighted by atomic mass is 16.3. The summed E-state index contributed by atoms with van der Waals surface area (Å²) in [5.74, 6) is 0.428. The second kappa shape index (κ2) is 7.81. The molecular formula is C18H23NO. The smallest absolute Gasteiger partial charge is 0.0574 e. The van der Waals surface area contributed by atoms with Crippen LogP contribution >= 0.6 is 0 Å². The lowest BCUT2D eigenvalue weighted by molar-refractivity contribution is 0.0938. The molecule has 1 aromatic carbocycles. The Morgan fingerprint density at radius 3 is 2.95 bits per heavy atom. The molecule has 0 amide bonds. The van der Waals surface area contributed by atoms with E-state index in [0.717, 1.165) is 37.7 Å². The molecule has 0 saturated heterocycles. The summed E-state index contributed by atoms with van der Waals surface area (Å²) < 4.78 is 0. The average molecular weight is 269 g/mol. The summed E-state index contributed by atoms with van der Waals surface area (Å²) in [7, 11) is 0. The molecule has 0 bridgehead atoms. The van der Waals surface area contributed by atoms with Gasteiger partial charge in [-0.25, -0.2) is 0 Å². The third-order valence-electron chi connectivity index (χ3n) is 3.98. The van der Waals surface area contributed by atoms with E-state index < -0.39 is 0 Å². The lowest BCUT2D eigenvalue weighted by Gasteiger charge is -2.23. The van der Waals surface area contributed by atoms with E-state index in [4.69, 9.17) is 0 Å². The second-order valence-electron chi connectivity index (χ2n) is 5.35. The molecular weight excluding hydrogens is 246 g/mol. The minimum atomic E-state index is -0.200. The van der Waals surface area contributed by atoms with E-state index in [-0.39, 0.29) is 6.10 Å². The second-order valence-corrected chi connectivity index (χ2v) is 5.35. The Bertz CT molecular complexity index is 490. The van der Waals surface area contributed by atoms with Crippen LogP contribution in [-0.4, -0.2) is 17.9 Å². The van der Waals surface area contributed by atoms with Gasteiger partial charge in [0.05, 0.1) is 6.10 Å². The van der Waals surface area contributed by atoms with Crippen molar-refractivity contribution >= 4 is 12.8 Å². The Hall–Kier alpha value is -1.67. The highest BCUT2D eigenvalue weighted by Crippen LogP contribution is 2.25. The summed E-state index contributed by atoms with van der Waals surface area (Å²) in [5, 5.41) is 10.3. The van der Waals surface area contributed by atoms with Crippen LogP contribution in [0.2, 0.25) is 0 Å². The average Bonchev–Trinajstić information content (AvgIpc) is 2.52. The third-order valence-corrected chi connectivity index (χ3v) is 3.98. The molecule has 0 aromatic heterocycles. The first kappa shape index (κ1) is 14.7. The molecule has 1 aromatic rings. The normalized spacial score (nSPS) is 20.1. The van der Waals surface area contributed by atoms with Gasteiger partial charge in [0.1, 0.15) is 0 Å². The van der Waals surface area contributed by atoms with E-state index in [1.54, 1.807) is 6.20 Å². The first-order valence-electron chi connectivity index (χ1n) is 7.34. The van der Waals surface area contributed by atoms with Crippen molar-refractivity contribution in [2.75, 3.05) is 0 Å². The van der Waals surface area contributed by atoms with E-state index in [0.29, 0.717) is 5.92 Å². The Morgan fingerprint density at radius 2 is 2.20 bits per heavy atom. The molecule has 1 aliphatic rings. The van der Waals surface area contributed by atoms with Crippen molar-refractivity contribution in [1.29, 1.82) is 0 Å². The lowest BCUT2D eigenvalue weighted by atomic mass is 9.86. The minimum absolute atomic E-state index is 0.200. The summed E-state index contributed by atoms with van der Waals surface area (Å²) in [5.41, 5.74) is 2.42. The fourth-order valence-corrected chi connectivity index (χ4v) is 2.76. The fourth-order valence-electron chi connectivity index (χ4n) is 2.76. The highest BCUT2D eigenvalue weighted by Gasteiger charge is 2.19. The number of rotatable bonds is 6. The molecule has 2 unspecified atom stereocenters. The molecule has 0 fully saturated rings. The Kier molecular flexibility index (Phi) is 5.75. The van der Waals surface area contributed by atoms with Crippen LogP contribution < -0.4 is 0 Å². The van der Waals surface area contributed by atoms with Crippen LogP contribution in [0.25, 0.3) is 6.08 Å². The fraction of sp³-hybridized carbons (Fsp3) is 0.389. The van der Waals surface area contributed by atoms with Crippen molar-refractivity contribution in [3.05, 3.63) is 53.7 Å². The predicted molar refractivity (Wildman–Crippen MR) is 85.8 cm³/mol. The van der Waals surface area contributed by atoms with Crippen LogP contribution in [0.3, 0.4) is 0 Å². The van der Waals surface area contributed by atoms with Crippen molar-refractivity contribution in [1.82, 2.24) is 0 Å². The van der Waals surface area contributed by atoms with Gasteiger partial charge in [-0.05, 0) is 61.9 Å². The number of aliphatic imine (C=N–C) groups is 1. The van der Waals surface area contributed by atoms with Crippen LogP contribution in [0, 0.1) is 5.92 Å². The van der Waals surface area contributed by atoms with Gasteiger partial charge in [-0.3, -0.25) is 4.99 Å². The molecule has 2 atom stereocenters. The number of benzene rings is 1. The van der Waals surface area contributed by atoms with Crippen LogP contribution in [0.4, 0.5) is 0 Å². The topological polar surface area (TPSA) is 32.6 Å². The van der Waals surface area contributed by atoms with Crippen LogP contribution in [-0.2, 0) is 6.42 Å². The number of hydrogen-bond acceptors (Lipinski definition) is 2. The zero-order valence-corrected chi connectivity index (χ0v) is 11.9. The maximum atomic E-state index is 10.3. The SMILES string of the molecule is C=N/C=C/c1ccccc1CCC(O)C1CC=CCC1. The molecule has 2 rings (SSSR count). The van der Waals surface area contributed by atoms with Crippen molar-refractivity contribution < 1.29 is 5.11 Å². The maximum Gasteiger partial charge on any atom is 0.0574 e. The maximum absolute atomic E-state index is 10.3. The van der Waals surface area contributed by atoms with E-state index >= 15 is 0 Å². The summed E-state index contributed by atoms with van der Waals surface area (Å²) in [4.78, 5) is 3.75. The number of aliphatic hydroxyl groups excluding tert-OH is 1. The molecule has 2 heteroatoms. The summed E-state index contributed by atoms with van der Waals surface area (Å²) in [6.45, 7) is 3.46. The van der Waals surface area contributed by atoms with Crippen LogP contribution in [0.15, 0.2) is 47.6 Å². The molecule has 2 nitrogen and oxygen atoms in total. The van der Waals surface area contributed by atoms with Crippen LogP contribution in [0.1, 0.15) is 36.8 Å². The minimum Gasteiger partial charge on any atom is -0.393 e. The molecule has 0 saturated carbocycles.